The standard InChI is InChI=1S/C4H8ClN3O/c5-4-9-7-6-8-2-1-3-8/h1-4H2/p+1. The second-order valence-electron chi connectivity index (χ2n) is 1.75. The first-order valence-electron chi connectivity index (χ1n) is 2.82. The topological polar surface area (TPSA) is 36.6 Å². The van der Waals surface area contributed by atoms with Crippen molar-refractivity contribution in [3.63, 3.8) is 0 Å². The maximum atomic E-state index is 5.18. The average Bonchev–Trinajstić information content (AvgIpc) is 1.76. The summed E-state index contributed by atoms with van der Waals surface area (Å²) in [6.07, 6.45) is 1.21. The molecule has 1 heterocycles. The van der Waals surface area contributed by atoms with Crippen LogP contribution < -0.4 is 5.59 Å². The molecule has 1 aliphatic heterocycles. The number of rotatable bonds is 3. The summed E-state index contributed by atoms with van der Waals surface area (Å²) in [5.41, 5.74) is 2.36. The zero-order valence-electron chi connectivity index (χ0n) is 5.01. The summed E-state index contributed by atoms with van der Waals surface area (Å²) in [5.74, 6) is 0. The zero-order valence-corrected chi connectivity index (χ0v) is 5.76. The molecule has 4 nitrogen and oxygen atoms in total. The molecule has 0 aromatic heterocycles. The number of alkyl halides is 1. The zero-order chi connectivity index (χ0) is 6.53. The van der Waals surface area contributed by atoms with Crippen molar-refractivity contribution in [2.45, 2.75) is 6.42 Å². The van der Waals surface area contributed by atoms with E-state index in [1.807, 2.05) is 4.70 Å². The Balaban J connectivity index is 2.01. The highest BCUT2D eigenvalue weighted by molar-refractivity contribution is 6.17. The van der Waals surface area contributed by atoms with Crippen molar-refractivity contribution in [1.82, 2.24) is 5.59 Å². The lowest BCUT2D eigenvalue weighted by atomic mass is 10.3. The Morgan fingerprint density at radius 3 is 2.89 bits per heavy atom. The van der Waals surface area contributed by atoms with Crippen LogP contribution in [0, 0.1) is 0 Å². The van der Waals surface area contributed by atoms with Crippen LogP contribution in [0.2, 0.25) is 0 Å². The lowest BCUT2D eigenvalue weighted by Crippen LogP contribution is -2.28. The Hall–Kier alpha value is -0.350. The van der Waals surface area contributed by atoms with Gasteiger partial charge in [0.1, 0.15) is 18.3 Å². The Labute approximate surface area is 58.4 Å². The van der Waals surface area contributed by atoms with Crippen molar-refractivity contribution < 1.29 is 9.53 Å². The van der Waals surface area contributed by atoms with Crippen LogP contribution in [0.4, 0.5) is 0 Å². The predicted octanol–water partition coefficient (Wildman–Crippen LogP) is 0.487. The minimum atomic E-state index is 0.122. The summed E-state index contributed by atoms with van der Waals surface area (Å²) in [6, 6.07) is 0.122. The third-order valence-corrected chi connectivity index (χ3v) is 1.24. The van der Waals surface area contributed by atoms with Gasteiger partial charge < -0.3 is 0 Å². The molecular formula is C4H9ClN3O+. The van der Waals surface area contributed by atoms with E-state index in [1.165, 1.54) is 6.42 Å². The molecule has 1 aliphatic rings. The number of nitrogens with zero attached hydrogens (tertiary/aromatic N) is 2. The van der Waals surface area contributed by atoms with Gasteiger partial charge in [0.2, 0.25) is 0 Å². The largest absolute Gasteiger partial charge is 0.172 e. The molecule has 0 aliphatic carbocycles. The smallest absolute Gasteiger partial charge is 0.166 e. The number of halogens is 1. The van der Waals surface area contributed by atoms with E-state index in [2.05, 4.69) is 15.6 Å². The van der Waals surface area contributed by atoms with Crippen LogP contribution in [0.15, 0.2) is 5.22 Å². The quantitative estimate of drug-likeness (QED) is 0.275. The fourth-order valence-electron chi connectivity index (χ4n) is 0.511. The SMILES string of the molecule is ClCONN=[N+]1CCC1. The Bertz CT molecular complexity index is 110. The Kier molecular flexibility index (Phi) is 2.73. The summed E-state index contributed by atoms with van der Waals surface area (Å²) in [5, 5.41) is 3.80. The Morgan fingerprint density at radius 1 is 1.67 bits per heavy atom. The summed E-state index contributed by atoms with van der Waals surface area (Å²) < 4.78 is 1.87. The lowest BCUT2D eigenvalue weighted by Gasteiger charge is -2.09. The highest BCUT2D eigenvalue weighted by Crippen LogP contribution is 1.96. The van der Waals surface area contributed by atoms with E-state index in [-0.39, 0.29) is 6.07 Å². The Morgan fingerprint density at radius 2 is 2.44 bits per heavy atom. The van der Waals surface area contributed by atoms with Gasteiger partial charge in [0.15, 0.2) is 6.07 Å². The van der Waals surface area contributed by atoms with Gasteiger partial charge in [-0.05, 0) is 5.59 Å². The number of nitrogens with one attached hydrogen (secondary N) is 1. The van der Waals surface area contributed by atoms with Crippen molar-refractivity contribution in [2.24, 2.45) is 5.22 Å². The van der Waals surface area contributed by atoms with Crippen LogP contribution in [0.5, 0.6) is 0 Å². The summed E-state index contributed by atoms with van der Waals surface area (Å²) in [6.45, 7) is 2.03. The molecule has 9 heavy (non-hydrogen) atoms. The van der Waals surface area contributed by atoms with Crippen molar-refractivity contribution in [2.75, 3.05) is 19.2 Å². The predicted molar refractivity (Wildman–Crippen MR) is 32.0 cm³/mol. The van der Waals surface area contributed by atoms with E-state index in [4.69, 9.17) is 11.6 Å². The fourth-order valence-corrected chi connectivity index (χ4v) is 0.559. The molecule has 1 rings (SSSR count). The van der Waals surface area contributed by atoms with E-state index in [0.29, 0.717) is 0 Å². The van der Waals surface area contributed by atoms with Crippen LogP contribution in [-0.4, -0.2) is 23.9 Å². The highest BCUT2D eigenvalue weighted by Gasteiger charge is 2.12. The first kappa shape index (κ1) is 6.77. The van der Waals surface area contributed by atoms with Gasteiger partial charge in [-0.1, -0.05) is 11.6 Å². The first-order chi connectivity index (χ1) is 4.43. The monoisotopic (exact) mass is 150 g/mol. The van der Waals surface area contributed by atoms with Gasteiger partial charge in [-0.2, -0.15) is 9.53 Å². The minimum absolute atomic E-state index is 0.122. The van der Waals surface area contributed by atoms with Gasteiger partial charge in [-0.15, -0.1) is 0 Å². The number of hydrogen-bond acceptors (Lipinski definition) is 2. The van der Waals surface area contributed by atoms with E-state index in [0.717, 1.165) is 13.1 Å². The van der Waals surface area contributed by atoms with E-state index >= 15 is 0 Å². The first-order valence-corrected chi connectivity index (χ1v) is 3.35. The number of hydrogen-bond donors (Lipinski definition) is 1. The maximum absolute atomic E-state index is 5.18. The molecule has 0 atom stereocenters. The summed E-state index contributed by atoms with van der Waals surface area (Å²) in [4.78, 5) is 4.55. The molecule has 0 aromatic carbocycles. The molecule has 0 unspecified atom stereocenters. The molecule has 1 N–H and O–H groups in total. The fraction of sp³-hybridized carbons (Fsp3) is 1.00. The molecule has 1 fully saturated rings. The average molecular weight is 151 g/mol. The van der Waals surface area contributed by atoms with Crippen LogP contribution >= 0.6 is 11.6 Å². The molecule has 52 valence electrons. The summed E-state index contributed by atoms with van der Waals surface area (Å²) >= 11 is 5.18. The van der Waals surface area contributed by atoms with Crippen LogP contribution in [0.3, 0.4) is 0 Å². The van der Waals surface area contributed by atoms with Crippen molar-refractivity contribution >= 4 is 11.6 Å². The molecule has 0 bridgehead atoms. The third kappa shape index (κ3) is 2.15. The highest BCUT2D eigenvalue weighted by atomic mass is 35.5. The van der Waals surface area contributed by atoms with Gasteiger partial charge in [0.25, 0.3) is 0 Å². The van der Waals surface area contributed by atoms with Gasteiger partial charge in [-0.3, -0.25) is 0 Å². The molecule has 0 aromatic rings. The van der Waals surface area contributed by atoms with Crippen molar-refractivity contribution in [1.29, 1.82) is 0 Å². The van der Waals surface area contributed by atoms with Gasteiger partial charge in [0.05, 0.1) is 0 Å². The molecule has 5 heteroatoms. The van der Waals surface area contributed by atoms with Gasteiger partial charge >= 0.3 is 0 Å². The molecule has 0 radical (unpaired) electrons. The molecule has 0 saturated carbocycles. The minimum Gasteiger partial charge on any atom is -0.166 e. The van der Waals surface area contributed by atoms with Crippen LogP contribution in [0.1, 0.15) is 6.42 Å². The molecule has 1 saturated heterocycles. The summed E-state index contributed by atoms with van der Waals surface area (Å²) in [7, 11) is 0. The molecule has 0 amide bonds. The normalized spacial score (nSPS) is 16.8. The van der Waals surface area contributed by atoms with Gasteiger partial charge in [0, 0.05) is 6.42 Å². The van der Waals surface area contributed by atoms with Gasteiger partial charge in [-0.25, -0.2) is 0 Å². The molecular weight excluding hydrogens is 142 g/mol. The van der Waals surface area contributed by atoms with Crippen molar-refractivity contribution in [3.8, 4) is 0 Å². The van der Waals surface area contributed by atoms with Crippen LogP contribution in [0.25, 0.3) is 0 Å². The second kappa shape index (κ2) is 3.63. The van der Waals surface area contributed by atoms with E-state index < -0.39 is 0 Å². The molecule has 0 spiro atoms. The maximum Gasteiger partial charge on any atom is 0.172 e. The van der Waals surface area contributed by atoms with Crippen molar-refractivity contribution in [3.05, 3.63) is 0 Å². The van der Waals surface area contributed by atoms with E-state index in [9.17, 15) is 0 Å². The van der Waals surface area contributed by atoms with Crippen LogP contribution in [-0.2, 0) is 4.84 Å². The second-order valence-corrected chi connectivity index (χ2v) is 1.97. The third-order valence-electron chi connectivity index (χ3n) is 1.13. The van der Waals surface area contributed by atoms with E-state index in [1.54, 1.807) is 0 Å². The lowest BCUT2D eigenvalue weighted by molar-refractivity contribution is -0.652.